The third-order valence-electron chi connectivity index (χ3n) is 2.59. The lowest BCUT2D eigenvalue weighted by atomic mass is 10.2. The number of ether oxygens (including phenoxy) is 1. The van der Waals surface area contributed by atoms with Crippen LogP contribution in [-0.2, 0) is 4.74 Å². The largest absolute Gasteiger partial charge is 0.453 e. The van der Waals surface area contributed by atoms with Gasteiger partial charge in [0, 0.05) is 17.4 Å². The lowest BCUT2D eigenvalue weighted by Crippen LogP contribution is -2.17. The van der Waals surface area contributed by atoms with Gasteiger partial charge in [-0.2, -0.15) is 0 Å². The molecule has 0 fully saturated rings. The lowest BCUT2D eigenvalue weighted by molar-refractivity contribution is 0.102. The molecule has 0 aliphatic heterocycles. The maximum Gasteiger partial charge on any atom is 0.411 e. The van der Waals surface area contributed by atoms with Crippen LogP contribution in [-0.4, -0.2) is 24.1 Å². The second-order valence-electron chi connectivity index (χ2n) is 4.08. The highest BCUT2D eigenvalue weighted by Crippen LogP contribution is 2.14. The van der Waals surface area contributed by atoms with Crippen molar-refractivity contribution in [1.82, 2.24) is 4.98 Å². The summed E-state index contributed by atoms with van der Waals surface area (Å²) in [6, 6.07) is 10.8. The zero-order valence-electron chi connectivity index (χ0n) is 11.2. The quantitative estimate of drug-likeness (QED) is 0.801. The van der Waals surface area contributed by atoms with E-state index in [2.05, 4.69) is 20.4 Å². The summed E-state index contributed by atoms with van der Waals surface area (Å²) in [5.74, 6) is -0.429. The van der Waals surface area contributed by atoms with Crippen molar-refractivity contribution in [3.05, 3.63) is 58.5 Å². The van der Waals surface area contributed by atoms with E-state index in [-0.39, 0.29) is 11.3 Å². The summed E-state index contributed by atoms with van der Waals surface area (Å²) in [5, 5.41) is 5.12. The standard InChI is InChI=1S/C14H13N3O4/c1-21-14(20)16-10-7-5-9(6-8-10)15-13(19)11-3-2-4-12(18)17-11/h2-8H,1H3,(H,15,19)(H,16,20)(H,17,18). The first kappa shape index (κ1) is 14.3. The lowest BCUT2D eigenvalue weighted by Gasteiger charge is -2.07. The highest BCUT2D eigenvalue weighted by molar-refractivity contribution is 6.02. The number of anilines is 2. The molecule has 1 aromatic heterocycles. The maximum atomic E-state index is 11.9. The Bertz CT molecular complexity index is 707. The zero-order chi connectivity index (χ0) is 15.2. The number of nitrogens with one attached hydrogen (secondary N) is 3. The smallest absolute Gasteiger partial charge is 0.411 e. The second kappa shape index (κ2) is 6.38. The summed E-state index contributed by atoms with van der Waals surface area (Å²) in [7, 11) is 1.27. The Morgan fingerprint density at radius 2 is 1.62 bits per heavy atom. The predicted molar refractivity (Wildman–Crippen MR) is 77.5 cm³/mol. The Morgan fingerprint density at radius 1 is 1.00 bits per heavy atom. The van der Waals surface area contributed by atoms with Crippen molar-refractivity contribution in [3.63, 3.8) is 0 Å². The van der Waals surface area contributed by atoms with Crippen LogP contribution in [0.1, 0.15) is 10.5 Å². The predicted octanol–water partition coefficient (Wildman–Crippen LogP) is 1.81. The number of rotatable bonds is 3. The fourth-order valence-electron chi connectivity index (χ4n) is 1.58. The number of aromatic nitrogens is 1. The molecule has 2 rings (SSSR count). The number of pyridine rings is 1. The Morgan fingerprint density at radius 3 is 2.19 bits per heavy atom. The molecule has 0 radical (unpaired) electrons. The third-order valence-corrected chi connectivity index (χ3v) is 2.59. The average Bonchev–Trinajstić information content (AvgIpc) is 2.49. The molecule has 0 spiro atoms. The summed E-state index contributed by atoms with van der Waals surface area (Å²) in [4.78, 5) is 36.5. The molecule has 3 N–H and O–H groups in total. The van der Waals surface area contributed by atoms with Crippen LogP contribution in [0.5, 0.6) is 0 Å². The molecule has 0 unspecified atom stereocenters. The van der Waals surface area contributed by atoms with Gasteiger partial charge in [0.2, 0.25) is 5.56 Å². The summed E-state index contributed by atoms with van der Waals surface area (Å²) >= 11 is 0. The van der Waals surface area contributed by atoms with Gasteiger partial charge in [-0.15, -0.1) is 0 Å². The molecule has 108 valence electrons. The van der Waals surface area contributed by atoms with E-state index in [4.69, 9.17) is 0 Å². The fraction of sp³-hybridized carbons (Fsp3) is 0.0714. The minimum absolute atomic E-state index is 0.166. The number of hydrogen-bond donors (Lipinski definition) is 3. The van der Waals surface area contributed by atoms with Gasteiger partial charge in [-0.3, -0.25) is 14.9 Å². The van der Waals surface area contributed by atoms with E-state index in [0.29, 0.717) is 11.4 Å². The highest BCUT2D eigenvalue weighted by atomic mass is 16.5. The van der Waals surface area contributed by atoms with E-state index >= 15 is 0 Å². The average molecular weight is 287 g/mol. The van der Waals surface area contributed by atoms with Crippen LogP contribution in [0.25, 0.3) is 0 Å². The number of benzene rings is 1. The summed E-state index contributed by atoms with van der Waals surface area (Å²) < 4.78 is 4.46. The van der Waals surface area contributed by atoms with Crippen LogP contribution in [0.2, 0.25) is 0 Å². The van der Waals surface area contributed by atoms with E-state index in [0.717, 1.165) is 0 Å². The van der Waals surface area contributed by atoms with Gasteiger partial charge in [0.1, 0.15) is 5.69 Å². The van der Waals surface area contributed by atoms with Crippen LogP contribution in [0.3, 0.4) is 0 Å². The van der Waals surface area contributed by atoms with Gasteiger partial charge < -0.3 is 15.0 Å². The van der Waals surface area contributed by atoms with Gasteiger partial charge in [0.25, 0.3) is 5.91 Å². The van der Waals surface area contributed by atoms with E-state index < -0.39 is 12.0 Å². The minimum Gasteiger partial charge on any atom is -0.453 e. The molecule has 1 heterocycles. The molecule has 0 saturated heterocycles. The van der Waals surface area contributed by atoms with Gasteiger partial charge >= 0.3 is 6.09 Å². The third kappa shape index (κ3) is 3.93. The van der Waals surface area contributed by atoms with Crippen molar-refractivity contribution in [2.45, 2.75) is 0 Å². The molecule has 2 amide bonds. The van der Waals surface area contributed by atoms with Crippen LogP contribution in [0.15, 0.2) is 47.3 Å². The van der Waals surface area contributed by atoms with E-state index in [9.17, 15) is 14.4 Å². The van der Waals surface area contributed by atoms with Crippen LogP contribution in [0.4, 0.5) is 16.2 Å². The number of carbonyl (C=O) groups excluding carboxylic acids is 2. The van der Waals surface area contributed by atoms with Crippen molar-refractivity contribution >= 4 is 23.4 Å². The number of hydrogen-bond acceptors (Lipinski definition) is 4. The summed E-state index contributed by atoms with van der Waals surface area (Å²) in [5.41, 5.74) is 0.882. The number of aromatic amines is 1. The summed E-state index contributed by atoms with van der Waals surface area (Å²) in [6.45, 7) is 0. The number of amides is 2. The molecule has 0 bridgehead atoms. The number of H-pyrrole nitrogens is 1. The molecule has 0 aliphatic rings. The van der Waals surface area contributed by atoms with Crippen molar-refractivity contribution in [1.29, 1.82) is 0 Å². The Labute approximate surface area is 120 Å². The highest BCUT2D eigenvalue weighted by Gasteiger charge is 2.07. The molecule has 7 nitrogen and oxygen atoms in total. The first-order valence-electron chi connectivity index (χ1n) is 6.04. The second-order valence-corrected chi connectivity index (χ2v) is 4.08. The topological polar surface area (TPSA) is 100 Å². The molecular weight excluding hydrogens is 274 g/mol. The Hall–Kier alpha value is -3.09. The molecule has 21 heavy (non-hydrogen) atoms. The molecule has 0 aliphatic carbocycles. The zero-order valence-corrected chi connectivity index (χ0v) is 11.2. The van der Waals surface area contributed by atoms with Gasteiger partial charge in [-0.05, 0) is 30.3 Å². The summed E-state index contributed by atoms with van der Waals surface area (Å²) in [6.07, 6.45) is -0.575. The molecule has 0 atom stereocenters. The van der Waals surface area contributed by atoms with Crippen molar-refractivity contribution in [2.75, 3.05) is 17.7 Å². The molecule has 1 aromatic carbocycles. The van der Waals surface area contributed by atoms with Gasteiger partial charge in [0.15, 0.2) is 0 Å². The van der Waals surface area contributed by atoms with Gasteiger partial charge in [-0.1, -0.05) is 6.07 Å². The van der Waals surface area contributed by atoms with Crippen molar-refractivity contribution in [2.24, 2.45) is 0 Å². The van der Waals surface area contributed by atoms with E-state index in [1.54, 1.807) is 24.3 Å². The maximum absolute atomic E-state index is 11.9. The van der Waals surface area contributed by atoms with E-state index in [1.165, 1.54) is 25.3 Å². The van der Waals surface area contributed by atoms with E-state index in [1.807, 2.05) is 0 Å². The number of carbonyl (C=O) groups is 2. The van der Waals surface area contributed by atoms with Crippen LogP contribution in [0, 0.1) is 0 Å². The normalized spacial score (nSPS) is 9.76. The molecular formula is C14H13N3O4. The van der Waals surface area contributed by atoms with Gasteiger partial charge in [0.05, 0.1) is 7.11 Å². The number of methoxy groups -OCH3 is 1. The first-order chi connectivity index (χ1) is 10.1. The first-order valence-corrected chi connectivity index (χ1v) is 6.04. The Balaban J connectivity index is 2.05. The fourth-order valence-corrected chi connectivity index (χ4v) is 1.58. The minimum atomic E-state index is -0.575. The SMILES string of the molecule is COC(=O)Nc1ccc(NC(=O)c2cccc(=O)[nH]2)cc1. The van der Waals surface area contributed by atoms with Crippen LogP contribution < -0.4 is 16.2 Å². The molecule has 2 aromatic rings. The van der Waals surface area contributed by atoms with Crippen LogP contribution >= 0.6 is 0 Å². The molecule has 0 saturated carbocycles. The Kier molecular flexibility index (Phi) is 4.35. The van der Waals surface area contributed by atoms with Crippen molar-refractivity contribution in [3.8, 4) is 0 Å². The van der Waals surface area contributed by atoms with Gasteiger partial charge in [-0.25, -0.2) is 4.79 Å². The monoisotopic (exact) mass is 287 g/mol. The van der Waals surface area contributed by atoms with Crippen molar-refractivity contribution < 1.29 is 14.3 Å². The molecule has 7 heteroatoms.